The summed E-state index contributed by atoms with van der Waals surface area (Å²) in [4.78, 5) is 16.6. The summed E-state index contributed by atoms with van der Waals surface area (Å²) in [6.07, 6.45) is 3.32. The molecule has 0 amide bonds. The summed E-state index contributed by atoms with van der Waals surface area (Å²) in [5.41, 5.74) is 0.454. The van der Waals surface area contributed by atoms with Crippen molar-refractivity contribution in [2.24, 2.45) is 11.8 Å². The molecule has 2 aromatic heterocycles. The van der Waals surface area contributed by atoms with E-state index in [4.69, 9.17) is 9.47 Å². The van der Waals surface area contributed by atoms with Crippen molar-refractivity contribution < 1.29 is 18.7 Å². The molecule has 0 bridgehead atoms. The average Bonchev–Trinajstić information content (AvgIpc) is 3.44. The Kier molecular flexibility index (Phi) is 7.28. The Balaban J connectivity index is 1.62. The van der Waals surface area contributed by atoms with Gasteiger partial charge in [-0.25, -0.2) is 14.1 Å². The lowest BCUT2D eigenvalue weighted by atomic mass is 9.84. The molecule has 7 nitrogen and oxygen atoms in total. The minimum Gasteiger partial charge on any atom is -0.463 e. The highest BCUT2D eigenvalue weighted by Gasteiger charge is 2.44. The quantitative estimate of drug-likeness (QED) is 0.397. The van der Waals surface area contributed by atoms with Gasteiger partial charge in [-0.15, -0.1) is 16.4 Å². The molecule has 170 valence electrons. The van der Waals surface area contributed by atoms with Crippen LogP contribution in [0.1, 0.15) is 26.8 Å². The van der Waals surface area contributed by atoms with Crippen molar-refractivity contribution >= 4 is 45.0 Å². The van der Waals surface area contributed by atoms with Crippen LogP contribution in [-0.2, 0) is 14.3 Å². The second-order valence-electron chi connectivity index (χ2n) is 7.67. The predicted molar refractivity (Wildman–Crippen MR) is 124 cm³/mol. The molecule has 1 aliphatic heterocycles. The number of hydrogen-bond acceptors (Lipinski definition) is 8. The predicted octanol–water partition coefficient (Wildman–Crippen LogP) is 5.20. The summed E-state index contributed by atoms with van der Waals surface area (Å²) < 4.78 is 27.6. The van der Waals surface area contributed by atoms with Crippen molar-refractivity contribution in [1.82, 2.24) is 20.0 Å². The summed E-state index contributed by atoms with van der Waals surface area (Å²) in [6.45, 7) is 5.70. The molecule has 3 aromatic rings. The number of aromatic nitrogens is 4. The molecule has 3 heterocycles. The third-order valence-corrected chi connectivity index (χ3v) is 8.17. The number of thiazole rings is 1. The van der Waals surface area contributed by atoms with Gasteiger partial charge in [-0.05, 0) is 34.1 Å². The van der Waals surface area contributed by atoms with Crippen LogP contribution in [0.25, 0.3) is 10.7 Å². The summed E-state index contributed by atoms with van der Waals surface area (Å²) in [6, 6.07) is 4.84. The van der Waals surface area contributed by atoms with Crippen LogP contribution < -0.4 is 0 Å². The molecule has 1 aliphatic rings. The number of hydrogen-bond donors (Lipinski definition) is 0. The summed E-state index contributed by atoms with van der Waals surface area (Å²) in [7, 11) is 0. The second kappa shape index (κ2) is 9.98. The van der Waals surface area contributed by atoms with Gasteiger partial charge in [0.05, 0.1) is 22.8 Å². The zero-order valence-corrected chi connectivity index (χ0v) is 20.9. The minimum absolute atomic E-state index is 0.00648. The van der Waals surface area contributed by atoms with Crippen LogP contribution >= 0.6 is 39.0 Å². The Bertz CT molecular complexity index is 1080. The van der Waals surface area contributed by atoms with Gasteiger partial charge < -0.3 is 9.47 Å². The van der Waals surface area contributed by atoms with Gasteiger partial charge in [-0.1, -0.05) is 30.8 Å². The van der Waals surface area contributed by atoms with Crippen LogP contribution in [0.3, 0.4) is 0 Å². The number of ether oxygens (including phenoxy) is 2. The van der Waals surface area contributed by atoms with Gasteiger partial charge in [0.1, 0.15) is 28.6 Å². The van der Waals surface area contributed by atoms with Gasteiger partial charge in [0.2, 0.25) is 0 Å². The van der Waals surface area contributed by atoms with E-state index in [1.807, 2.05) is 16.3 Å². The van der Waals surface area contributed by atoms with E-state index >= 15 is 0 Å². The Morgan fingerprint density at radius 2 is 2.19 bits per heavy atom. The van der Waals surface area contributed by atoms with Crippen molar-refractivity contribution in [3.05, 3.63) is 46.3 Å². The topological polar surface area (TPSA) is 79.1 Å². The molecule has 0 aliphatic carbocycles. The number of nitrogens with zero attached hydrogens (tertiary/aromatic N) is 4. The molecule has 0 N–H and O–H groups in total. The molecule has 1 aromatic carbocycles. The molecule has 32 heavy (non-hydrogen) atoms. The monoisotopic (exact) mass is 540 g/mol. The van der Waals surface area contributed by atoms with Gasteiger partial charge >= 0.3 is 5.97 Å². The van der Waals surface area contributed by atoms with Gasteiger partial charge in [0.15, 0.2) is 0 Å². The highest BCUT2D eigenvalue weighted by Crippen LogP contribution is 2.45. The van der Waals surface area contributed by atoms with Crippen LogP contribution in [-0.4, -0.2) is 44.1 Å². The fraction of sp³-hybridized carbons (Fsp3) is 0.429. The van der Waals surface area contributed by atoms with Crippen LogP contribution in [0, 0.1) is 17.7 Å². The van der Waals surface area contributed by atoms with Gasteiger partial charge in [0, 0.05) is 35.2 Å². The summed E-state index contributed by atoms with van der Waals surface area (Å²) in [5, 5.41) is 11.4. The lowest BCUT2D eigenvalue weighted by Gasteiger charge is -2.44. The largest absolute Gasteiger partial charge is 0.463 e. The first-order valence-corrected chi connectivity index (χ1v) is 12.6. The lowest BCUT2D eigenvalue weighted by molar-refractivity contribution is -0.156. The van der Waals surface area contributed by atoms with Gasteiger partial charge in [-0.2, -0.15) is 0 Å². The van der Waals surface area contributed by atoms with Crippen molar-refractivity contribution in [2.45, 2.75) is 43.2 Å². The SMILES string of the molecule is CC(=O)OCC1O[C@H](Sc2ccc(F)c(Br)c2)C(C)[C@@H](n2cc(-c3nccs3)nn2)[C@H]1C. The smallest absolute Gasteiger partial charge is 0.302 e. The maximum absolute atomic E-state index is 13.7. The molecule has 0 saturated carbocycles. The Morgan fingerprint density at radius 3 is 2.88 bits per heavy atom. The van der Waals surface area contributed by atoms with E-state index in [0.717, 1.165) is 9.90 Å². The zero-order chi connectivity index (χ0) is 22.8. The fourth-order valence-electron chi connectivity index (χ4n) is 3.84. The Hall–Kier alpha value is -1.82. The van der Waals surface area contributed by atoms with Crippen molar-refractivity contribution in [3.8, 4) is 10.7 Å². The average molecular weight is 541 g/mol. The van der Waals surface area contributed by atoms with Gasteiger partial charge in [-0.3, -0.25) is 4.79 Å². The molecule has 11 heteroatoms. The van der Waals surface area contributed by atoms with E-state index in [9.17, 15) is 9.18 Å². The van der Waals surface area contributed by atoms with E-state index < -0.39 is 0 Å². The lowest BCUT2D eigenvalue weighted by Crippen LogP contribution is -2.47. The van der Waals surface area contributed by atoms with Gasteiger partial charge in [0.25, 0.3) is 0 Å². The maximum Gasteiger partial charge on any atom is 0.302 e. The number of thioether (sulfide) groups is 1. The number of carbonyl (C=O) groups is 1. The number of esters is 1. The van der Waals surface area contributed by atoms with Crippen molar-refractivity contribution in [2.75, 3.05) is 6.61 Å². The minimum atomic E-state index is -0.352. The third-order valence-electron chi connectivity index (χ3n) is 5.46. The number of carbonyl (C=O) groups excluding carboxylic acids is 1. The molecule has 5 atom stereocenters. The van der Waals surface area contributed by atoms with E-state index in [0.29, 0.717) is 10.2 Å². The molecular weight excluding hydrogens is 519 g/mol. The molecule has 0 spiro atoms. The standard InChI is InChI=1S/C21H22BrFN4O3S2/c1-11-18(10-29-13(3)28)30-21(32-14-4-5-16(23)15(22)8-14)12(2)19(11)27-9-17(25-26-27)20-24-6-7-31-20/h4-9,11-12,18-19,21H,10H2,1-3H3/t11-,12?,18?,19-,21+/m0/s1. The van der Waals surface area contributed by atoms with Crippen LogP contribution in [0.4, 0.5) is 4.39 Å². The Morgan fingerprint density at radius 1 is 1.38 bits per heavy atom. The molecular formula is C21H22BrFN4O3S2. The number of halogens is 2. The molecule has 1 fully saturated rings. The fourth-order valence-corrected chi connectivity index (χ4v) is 6.13. The first-order chi connectivity index (χ1) is 15.3. The van der Waals surface area contributed by atoms with E-state index in [-0.39, 0.29) is 47.8 Å². The molecule has 0 radical (unpaired) electrons. The first-order valence-electron chi connectivity index (χ1n) is 10.1. The number of benzene rings is 1. The molecule has 2 unspecified atom stereocenters. The van der Waals surface area contributed by atoms with Crippen LogP contribution in [0.15, 0.2) is 45.3 Å². The second-order valence-corrected chi connectivity index (χ2v) is 10.6. The van der Waals surface area contributed by atoms with Crippen LogP contribution in [0.5, 0.6) is 0 Å². The summed E-state index contributed by atoms with van der Waals surface area (Å²) in [5.74, 6) is -0.622. The Labute approximate surface area is 201 Å². The van der Waals surface area contributed by atoms with Crippen molar-refractivity contribution in [3.63, 3.8) is 0 Å². The normalized spacial score (nSPS) is 25.6. The first kappa shape index (κ1) is 23.3. The van der Waals surface area contributed by atoms with E-state index in [1.54, 1.807) is 18.3 Å². The number of rotatable bonds is 6. The van der Waals surface area contributed by atoms with Crippen LogP contribution in [0.2, 0.25) is 0 Å². The zero-order valence-electron chi connectivity index (χ0n) is 17.6. The summed E-state index contributed by atoms with van der Waals surface area (Å²) >= 11 is 6.26. The van der Waals surface area contributed by atoms with Crippen molar-refractivity contribution in [1.29, 1.82) is 0 Å². The highest BCUT2D eigenvalue weighted by atomic mass is 79.9. The van der Waals surface area contributed by atoms with E-state index in [1.165, 1.54) is 36.1 Å². The van der Waals surface area contributed by atoms with E-state index in [2.05, 4.69) is 45.1 Å². The molecule has 1 saturated heterocycles. The molecule has 4 rings (SSSR count). The maximum atomic E-state index is 13.7. The highest BCUT2D eigenvalue weighted by molar-refractivity contribution is 9.10. The third kappa shape index (κ3) is 5.05.